The summed E-state index contributed by atoms with van der Waals surface area (Å²) in [5.41, 5.74) is 6.37. The average Bonchev–Trinajstić information content (AvgIpc) is 3.74. The molecule has 2 saturated heterocycles. The van der Waals surface area contributed by atoms with Gasteiger partial charge >= 0.3 is 0 Å². The van der Waals surface area contributed by atoms with Gasteiger partial charge in [-0.1, -0.05) is 6.07 Å². The SMILES string of the molecule is c1cc2c(cc1-c1cnc([C@@H]3CCCN3)[nH]1)Oc1ccc(-c3cnc([C@@H]4CCCN4)[nH]3)c3ccn-2c13. The first-order valence-electron chi connectivity index (χ1n) is 12.9. The molecule has 180 valence electrons. The minimum atomic E-state index is 0.321. The normalized spacial score (nSPS) is 20.7. The molecular weight excluding hydrogens is 450 g/mol. The number of hydrogen-bond donors (Lipinski definition) is 4. The van der Waals surface area contributed by atoms with Gasteiger partial charge in [-0.25, -0.2) is 9.97 Å². The lowest BCUT2D eigenvalue weighted by atomic mass is 10.1. The number of hydrogen-bond acceptors (Lipinski definition) is 5. The highest BCUT2D eigenvalue weighted by Crippen LogP contribution is 2.45. The first-order chi connectivity index (χ1) is 17.8. The Morgan fingerprint density at radius 1 is 0.806 bits per heavy atom. The lowest BCUT2D eigenvalue weighted by molar-refractivity contribution is 0.476. The molecule has 0 unspecified atom stereocenters. The predicted octanol–water partition coefficient (Wildman–Crippen LogP) is 5.37. The van der Waals surface area contributed by atoms with Crippen LogP contribution in [0.5, 0.6) is 11.5 Å². The van der Waals surface area contributed by atoms with E-state index in [4.69, 9.17) is 4.74 Å². The molecule has 0 saturated carbocycles. The summed E-state index contributed by atoms with van der Waals surface area (Å²) < 4.78 is 8.68. The molecule has 3 aliphatic heterocycles. The fraction of sp³-hybridized carbons (Fsp3) is 0.286. The van der Waals surface area contributed by atoms with E-state index in [1.165, 1.54) is 12.8 Å². The molecule has 8 heteroatoms. The lowest BCUT2D eigenvalue weighted by Crippen LogP contribution is -2.14. The van der Waals surface area contributed by atoms with Crippen LogP contribution < -0.4 is 15.4 Å². The smallest absolute Gasteiger partial charge is 0.152 e. The zero-order valence-electron chi connectivity index (χ0n) is 19.8. The maximum atomic E-state index is 6.45. The van der Waals surface area contributed by atoms with E-state index in [9.17, 15) is 0 Å². The molecular formula is C28H27N7O. The number of nitrogens with zero attached hydrogens (tertiary/aromatic N) is 3. The van der Waals surface area contributed by atoms with Gasteiger partial charge in [0.1, 0.15) is 11.6 Å². The molecule has 5 aromatic rings. The van der Waals surface area contributed by atoms with Crippen LogP contribution in [0, 0.1) is 0 Å². The van der Waals surface area contributed by atoms with Gasteiger partial charge in [-0.15, -0.1) is 0 Å². The number of nitrogens with one attached hydrogen (secondary N) is 4. The fourth-order valence-corrected chi connectivity index (χ4v) is 5.97. The lowest BCUT2D eigenvalue weighted by Gasteiger charge is -2.21. The molecule has 2 aromatic carbocycles. The molecule has 8 nitrogen and oxygen atoms in total. The zero-order chi connectivity index (χ0) is 23.6. The van der Waals surface area contributed by atoms with E-state index in [-0.39, 0.29) is 0 Å². The second-order valence-corrected chi connectivity index (χ2v) is 10.0. The van der Waals surface area contributed by atoms with Gasteiger partial charge in [0.15, 0.2) is 11.5 Å². The molecule has 3 aromatic heterocycles. The number of aromatic amines is 2. The number of ether oxygens (including phenoxy) is 1. The predicted molar refractivity (Wildman–Crippen MR) is 138 cm³/mol. The summed E-state index contributed by atoms with van der Waals surface area (Å²) >= 11 is 0. The van der Waals surface area contributed by atoms with Crippen molar-refractivity contribution in [3.05, 3.63) is 66.6 Å². The molecule has 0 aliphatic carbocycles. The van der Waals surface area contributed by atoms with E-state index in [1.807, 2.05) is 12.4 Å². The summed E-state index contributed by atoms with van der Waals surface area (Å²) in [5.74, 6) is 3.74. The Morgan fingerprint density at radius 3 is 2.31 bits per heavy atom. The van der Waals surface area contributed by atoms with Crippen LogP contribution in [0.4, 0.5) is 0 Å². The summed E-state index contributed by atoms with van der Waals surface area (Å²) in [5, 5.41) is 8.18. The molecule has 2 atom stereocenters. The quantitative estimate of drug-likeness (QED) is 0.274. The summed E-state index contributed by atoms with van der Waals surface area (Å²) in [6, 6.07) is 13.4. The van der Waals surface area contributed by atoms with Crippen LogP contribution in [-0.4, -0.2) is 37.6 Å². The second kappa shape index (κ2) is 7.81. The first kappa shape index (κ1) is 20.3. The van der Waals surface area contributed by atoms with Crippen molar-refractivity contribution in [1.82, 2.24) is 35.1 Å². The molecule has 6 heterocycles. The van der Waals surface area contributed by atoms with Gasteiger partial charge in [-0.05, 0) is 69.1 Å². The Labute approximate surface area is 208 Å². The Kier molecular flexibility index (Phi) is 4.41. The molecule has 3 aliphatic rings. The van der Waals surface area contributed by atoms with Gasteiger partial charge in [0.2, 0.25) is 0 Å². The Morgan fingerprint density at radius 2 is 1.56 bits per heavy atom. The summed E-state index contributed by atoms with van der Waals surface area (Å²) in [4.78, 5) is 16.4. The van der Waals surface area contributed by atoms with Crippen molar-refractivity contribution in [2.45, 2.75) is 37.8 Å². The monoisotopic (exact) mass is 477 g/mol. The van der Waals surface area contributed by atoms with Crippen LogP contribution in [0.15, 0.2) is 55.0 Å². The third-order valence-corrected chi connectivity index (χ3v) is 7.82. The fourth-order valence-electron chi connectivity index (χ4n) is 5.97. The summed E-state index contributed by atoms with van der Waals surface area (Å²) in [6.45, 7) is 2.11. The van der Waals surface area contributed by atoms with E-state index < -0.39 is 0 Å². The number of benzene rings is 2. The zero-order valence-corrected chi connectivity index (χ0v) is 19.8. The van der Waals surface area contributed by atoms with Gasteiger partial charge in [0.25, 0.3) is 0 Å². The molecule has 0 spiro atoms. The second-order valence-electron chi connectivity index (χ2n) is 10.0. The Bertz CT molecular complexity index is 1600. The third-order valence-electron chi connectivity index (χ3n) is 7.82. The number of aromatic nitrogens is 5. The van der Waals surface area contributed by atoms with E-state index in [2.05, 4.69) is 77.7 Å². The van der Waals surface area contributed by atoms with Crippen molar-refractivity contribution in [2.75, 3.05) is 13.1 Å². The molecule has 36 heavy (non-hydrogen) atoms. The van der Waals surface area contributed by atoms with Crippen molar-refractivity contribution < 1.29 is 4.74 Å². The van der Waals surface area contributed by atoms with Crippen LogP contribution in [0.2, 0.25) is 0 Å². The number of imidazole rings is 2. The molecule has 2 fully saturated rings. The number of fused-ring (bicyclic) bond motifs is 2. The van der Waals surface area contributed by atoms with Gasteiger partial charge in [0, 0.05) is 22.7 Å². The molecule has 4 N–H and O–H groups in total. The minimum absolute atomic E-state index is 0.321. The van der Waals surface area contributed by atoms with Crippen molar-refractivity contribution >= 4 is 10.9 Å². The average molecular weight is 478 g/mol. The Balaban J connectivity index is 1.15. The molecule has 0 radical (unpaired) electrons. The van der Waals surface area contributed by atoms with Gasteiger partial charge < -0.3 is 29.9 Å². The highest BCUT2D eigenvalue weighted by atomic mass is 16.5. The van der Waals surface area contributed by atoms with E-state index >= 15 is 0 Å². The standard InChI is InChI=1S/C28H27N7O/c1-3-19(29-10-1)27-31-14-21(33-27)16-5-7-23-25(13-16)36-24-8-6-17(18-9-12-35(23)26(18)24)22-15-32-28(34-22)20-4-2-11-30-20/h5-9,12-15,19-20,29-30H,1-4,10-11H2,(H,31,33)(H,32,34)/t19-,20-/m0/s1. The topological polar surface area (TPSA) is 95.6 Å². The maximum Gasteiger partial charge on any atom is 0.152 e. The number of rotatable bonds is 4. The summed E-state index contributed by atoms with van der Waals surface area (Å²) in [7, 11) is 0. The highest BCUT2D eigenvalue weighted by molar-refractivity contribution is 6.00. The number of H-pyrrole nitrogens is 2. The van der Waals surface area contributed by atoms with Crippen LogP contribution in [0.25, 0.3) is 39.1 Å². The van der Waals surface area contributed by atoms with Crippen molar-refractivity contribution in [2.24, 2.45) is 0 Å². The van der Waals surface area contributed by atoms with Crippen LogP contribution >= 0.6 is 0 Å². The van der Waals surface area contributed by atoms with E-state index in [0.29, 0.717) is 12.1 Å². The highest BCUT2D eigenvalue weighted by Gasteiger charge is 2.25. The van der Waals surface area contributed by atoms with Crippen LogP contribution in [0.3, 0.4) is 0 Å². The van der Waals surface area contributed by atoms with Gasteiger partial charge in [-0.3, -0.25) is 0 Å². The molecule has 0 amide bonds. The van der Waals surface area contributed by atoms with Crippen molar-refractivity contribution in [3.63, 3.8) is 0 Å². The minimum Gasteiger partial charge on any atom is -0.453 e. The van der Waals surface area contributed by atoms with Gasteiger partial charge in [-0.2, -0.15) is 0 Å². The van der Waals surface area contributed by atoms with Crippen molar-refractivity contribution in [3.8, 4) is 39.7 Å². The van der Waals surface area contributed by atoms with Crippen molar-refractivity contribution in [1.29, 1.82) is 0 Å². The Hall–Kier alpha value is -3.88. The molecule has 8 rings (SSSR count). The van der Waals surface area contributed by atoms with Gasteiger partial charge in [0.05, 0.1) is 47.1 Å². The van der Waals surface area contributed by atoms with E-state index in [1.54, 1.807) is 0 Å². The largest absolute Gasteiger partial charge is 0.453 e. The van der Waals surface area contributed by atoms with Crippen LogP contribution in [0.1, 0.15) is 49.4 Å². The van der Waals surface area contributed by atoms with E-state index in [0.717, 1.165) is 88.2 Å². The molecule has 0 bridgehead atoms. The maximum absolute atomic E-state index is 6.45. The summed E-state index contributed by atoms with van der Waals surface area (Å²) in [6.07, 6.45) is 10.6. The first-order valence-corrected chi connectivity index (χ1v) is 12.9. The third kappa shape index (κ3) is 3.08. The van der Waals surface area contributed by atoms with Crippen LogP contribution in [-0.2, 0) is 0 Å².